The van der Waals surface area contributed by atoms with Gasteiger partial charge in [0.25, 0.3) is 11.8 Å². The molecule has 2 N–H and O–H groups in total. The Kier molecular flexibility index (Phi) is 15.3. The predicted octanol–water partition coefficient (Wildman–Crippen LogP) is 2.94. The number of ketones is 1. The predicted molar refractivity (Wildman–Crippen MR) is 242 cm³/mol. The number of aliphatic hydroxyl groups is 1. The van der Waals surface area contributed by atoms with E-state index in [1.807, 2.05) is 0 Å². The number of ether oxygens (including phenoxy) is 11. The second kappa shape index (κ2) is 21.2. The number of hydrogen-bond donors (Lipinski definition) is 2. The van der Waals surface area contributed by atoms with Crippen LogP contribution in [0, 0.1) is 11.8 Å². The molecule has 0 aromatic rings. The Morgan fingerprint density at radius 1 is 0.783 bits per heavy atom. The van der Waals surface area contributed by atoms with Gasteiger partial charge in [-0.05, 0) is 62.0 Å². The van der Waals surface area contributed by atoms with Crippen molar-refractivity contribution < 1.29 is 76.4 Å². The molecule has 2 unspecified atom stereocenters. The van der Waals surface area contributed by atoms with Gasteiger partial charge in [-0.25, -0.2) is 0 Å². The maximum absolute atomic E-state index is 14.3. The lowest BCUT2D eigenvalue weighted by atomic mass is 9.81. The van der Waals surface area contributed by atoms with Crippen LogP contribution >= 0.6 is 0 Å². The minimum Gasteiger partial charge on any atom is -0.391 e. The molecule has 19 atom stereocenters. The maximum atomic E-state index is 14.3. The molecule has 0 aliphatic carbocycles. The van der Waals surface area contributed by atoms with E-state index >= 15 is 0 Å². The zero-order valence-electron chi connectivity index (χ0n) is 40.1. The highest BCUT2D eigenvalue weighted by molar-refractivity contribution is 6.12. The number of imide groups is 1. The summed E-state index contributed by atoms with van der Waals surface area (Å²) in [6.45, 7) is 12.1. The number of aliphatic hydroxyl groups excluding tert-OH is 1. The summed E-state index contributed by atoms with van der Waals surface area (Å²) in [6.07, 6.45) is 5.27. The zero-order chi connectivity index (χ0) is 48.0. The third kappa shape index (κ3) is 10.7. The van der Waals surface area contributed by atoms with Crippen LogP contribution in [0.5, 0.6) is 0 Å². The van der Waals surface area contributed by atoms with Crippen LogP contribution in [0.3, 0.4) is 0 Å². The lowest BCUT2D eigenvalue weighted by molar-refractivity contribution is -0.292. The van der Waals surface area contributed by atoms with Gasteiger partial charge >= 0.3 is 0 Å². The van der Waals surface area contributed by atoms with Crippen molar-refractivity contribution >= 4 is 23.5 Å². The van der Waals surface area contributed by atoms with Gasteiger partial charge in [0, 0.05) is 76.7 Å². The number of nitrogens with zero attached hydrogens (tertiary/aromatic N) is 1. The molecule has 11 rings (SSSR count). The third-order valence-corrected chi connectivity index (χ3v) is 16.4. The highest BCUT2D eigenvalue weighted by atomic mass is 16.8. The molecule has 0 saturated carbocycles. The van der Waals surface area contributed by atoms with Gasteiger partial charge in [-0.15, -0.1) is 0 Å². The maximum Gasteiger partial charge on any atom is 0.253 e. The zero-order valence-corrected chi connectivity index (χ0v) is 40.1. The van der Waals surface area contributed by atoms with E-state index < -0.39 is 36.3 Å². The van der Waals surface area contributed by atoms with Gasteiger partial charge in [0.15, 0.2) is 5.79 Å². The van der Waals surface area contributed by atoms with Crippen LogP contribution in [0.15, 0.2) is 36.5 Å². The molecule has 0 aromatic carbocycles. The molecular formula is C51H72N2O16. The number of methoxy groups -OCH3 is 1. The summed E-state index contributed by atoms with van der Waals surface area (Å²) in [7, 11) is 1.61. The fraction of sp³-hybridized carbons (Fsp3) is 0.804. The first-order valence-electron chi connectivity index (χ1n) is 25.7. The van der Waals surface area contributed by atoms with E-state index in [0.717, 1.165) is 54.6 Å². The van der Waals surface area contributed by atoms with Crippen molar-refractivity contribution in [3.05, 3.63) is 36.5 Å². The summed E-state index contributed by atoms with van der Waals surface area (Å²) in [4.78, 5) is 51.5. The summed E-state index contributed by atoms with van der Waals surface area (Å²) in [6, 6.07) is 0. The second-order valence-corrected chi connectivity index (χ2v) is 21.1. The Balaban J connectivity index is 0.777. The van der Waals surface area contributed by atoms with Crippen molar-refractivity contribution in [1.29, 1.82) is 0 Å². The highest BCUT2D eigenvalue weighted by Crippen LogP contribution is 2.54. The summed E-state index contributed by atoms with van der Waals surface area (Å²) in [5.41, 5.74) is 2.11. The van der Waals surface area contributed by atoms with Crippen molar-refractivity contribution in [3.8, 4) is 0 Å². The standard InChI is InChI=1S/C51H72N2O16/c1-27-19-32-5-7-36-28(2)20-34(62-36)11-13-51-25-41-47(68-51)48-49(67-41)50(69-51)46-37(66-48)8-6-33(64-46)21-30(54)22-35-39(24-38(63-32)29(27)3)65-40(45(35)59-4)23-31(55)26-52-42(56)12-15-60-17-18-61-16-14-53-43(57)9-10-44(53)58/h9-10,27,31-41,45-50,55H,2-3,5-8,11-26H2,1,4H3,(H,52,56)/t27-,31+,32+,33-,34+,35+,36+,37+,38?,39+,40-,41-,45-,46+,47+,48+,49?,50+,51+/m1/s1. The number of Topliss-reactive ketones (excluding diaryl/α,β-unsaturated/α-hetero) is 1. The van der Waals surface area contributed by atoms with E-state index in [0.29, 0.717) is 25.7 Å². The first kappa shape index (κ1) is 49.6. The molecule has 69 heavy (non-hydrogen) atoms. The van der Waals surface area contributed by atoms with Crippen LogP contribution in [0.1, 0.15) is 96.8 Å². The van der Waals surface area contributed by atoms with Crippen LogP contribution in [0.4, 0.5) is 0 Å². The SMILES string of the molecule is C=C1C2C[C@@H]3O[C@H](C[C@H](O)CNC(=O)CCOCCOCCN4C(=O)C=CC4=O)[C@H](OC)[C@H]3CC(=O)C[C@H]3CC[C@@H]4O[C@@H]5C6O[C@@H]7C[C@@](CC[C@H]8CC(=C)[C@H](CC[C@@H](C[C@H]1C)O2)O8)(O[C@H]57)O[C@H]6[C@H]4O3. The van der Waals surface area contributed by atoms with E-state index in [2.05, 4.69) is 25.4 Å². The van der Waals surface area contributed by atoms with E-state index in [1.54, 1.807) is 7.11 Å². The highest BCUT2D eigenvalue weighted by Gasteiger charge is 2.69. The molecule has 382 valence electrons. The molecule has 3 amide bonds. The number of hydrogen-bond acceptors (Lipinski definition) is 16. The molecule has 0 radical (unpaired) electrons. The molecule has 12 bridgehead atoms. The molecule has 1 spiro atoms. The fourth-order valence-electron chi connectivity index (χ4n) is 12.9. The number of carbonyl (C=O) groups is 4. The normalized spacial score (nSPS) is 43.3. The summed E-state index contributed by atoms with van der Waals surface area (Å²) >= 11 is 0. The largest absolute Gasteiger partial charge is 0.391 e. The minimum atomic E-state index is -0.958. The molecule has 11 aliphatic rings. The van der Waals surface area contributed by atoms with Crippen molar-refractivity contribution in [1.82, 2.24) is 10.2 Å². The molecule has 18 nitrogen and oxygen atoms in total. The smallest absolute Gasteiger partial charge is 0.253 e. The average molecular weight is 969 g/mol. The van der Waals surface area contributed by atoms with E-state index in [4.69, 9.17) is 52.1 Å². The van der Waals surface area contributed by atoms with E-state index in [-0.39, 0.29) is 168 Å². The first-order chi connectivity index (χ1) is 33.3. The van der Waals surface area contributed by atoms with Crippen molar-refractivity contribution in [2.45, 2.75) is 200 Å². The Bertz CT molecular complexity index is 1950. The van der Waals surface area contributed by atoms with Crippen molar-refractivity contribution in [2.75, 3.05) is 46.6 Å². The lowest BCUT2D eigenvalue weighted by Crippen LogP contribution is -2.61. The number of rotatable bonds is 14. The van der Waals surface area contributed by atoms with Gasteiger partial charge in [-0.1, -0.05) is 20.1 Å². The fourth-order valence-corrected chi connectivity index (χ4v) is 12.9. The van der Waals surface area contributed by atoms with Crippen LogP contribution in [-0.2, 0) is 71.3 Å². The van der Waals surface area contributed by atoms with Gasteiger partial charge in [-0.2, -0.15) is 0 Å². The molecule has 11 aliphatic heterocycles. The third-order valence-electron chi connectivity index (χ3n) is 16.4. The van der Waals surface area contributed by atoms with Crippen LogP contribution in [0.25, 0.3) is 0 Å². The van der Waals surface area contributed by atoms with Crippen LogP contribution in [-0.4, -0.2) is 184 Å². The van der Waals surface area contributed by atoms with Gasteiger partial charge in [0.1, 0.15) is 36.3 Å². The number of amides is 3. The average Bonchev–Trinajstić information content (AvgIpc) is 4.08. The Morgan fingerprint density at radius 3 is 2.32 bits per heavy atom. The van der Waals surface area contributed by atoms with Crippen molar-refractivity contribution in [2.24, 2.45) is 11.8 Å². The van der Waals surface area contributed by atoms with Gasteiger partial charge in [-0.3, -0.25) is 24.1 Å². The summed E-state index contributed by atoms with van der Waals surface area (Å²) in [5.74, 6) is -1.92. The Labute approximate surface area is 404 Å². The number of nitrogens with one attached hydrogen (secondary N) is 1. The first-order valence-corrected chi connectivity index (χ1v) is 25.7. The molecule has 10 fully saturated rings. The van der Waals surface area contributed by atoms with Gasteiger partial charge < -0.3 is 62.5 Å². The lowest BCUT2D eigenvalue weighted by Gasteiger charge is -2.47. The quantitative estimate of drug-likeness (QED) is 0.146. The minimum absolute atomic E-state index is 0.00785. The summed E-state index contributed by atoms with van der Waals surface area (Å²) in [5, 5.41) is 14.1. The van der Waals surface area contributed by atoms with Gasteiger partial charge in [0.05, 0.1) is 100 Å². The molecule has 0 aromatic heterocycles. The molecule has 11 heterocycles. The van der Waals surface area contributed by atoms with Crippen LogP contribution in [0.2, 0.25) is 0 Å². The number of fused-ring (bicyclic) bond motifs is 6. The monoisotopic (exact) mass is 968 g/mol. The topological polar surface area (TPSA) is 205 Å². The molecule has 18 heteroatoms. The number of carbonyl (C=O) groups excluding carboxylic acids is 4. The van der Waals surface area contributed by atoms with Crippen molar-refractivity contribution in [3.63, 3.8) is 0 Å². The van der Waals surface area contributed by atoms with E-state index in [9.17, 15) is 24.3 Å². The second-order valence-electron chi connectivity index (χ2n) is 21.1. The summed E-state index contributed by atoms with van der Waals surface area (Å²) < 4.78 is 71.5. The van der Waals surface area contributed by atoms with Gasteiger partial charge in [0.2, 0.25) is 5.91 Å². The Hall–Kier alpha value is -2.98. The molecule has 10 saturated heterocycles. The molecular weight excluding hydrogens is 897 g/mol. The Morgan fingerprint density at radius 2 is 1.51 bits per heavy atom. The van der Waals surface area contributed by atoms with Crippen LogP contribution < -0.4 is 5.32 Å². The van der Waals surface area contributed by atoms with E-state index in [1.165, 1.54) is 12.2 Å².